The van der Waals surface area contributed by atoms with Gasteiger partial charge in [0.25, 0.3) is 0 Å². The number of para-hydroxylation sites is 1. The second-order valence-corrected chi connectivity index (χ2v) is 6.37. The molecule has 2 aromatic rings. The molecule has 1 aromatic carbocycles. The van der Waals surface area contributed by atoms with Crippen molar-refractivity contribution in [3.8, 4) is 5.75 Å². The number of carbonyl (C=O) groups excluding carboxylic acids is 1. The lowest BCUT2D eigenvalue weighted by atomic mass is 10.1. The van der Waals surface area contributed by atoms with Crippen LogP contribution in [0.25, 0.3) is 0 Å². The van der Waals surface area contributed by atoms with Gasteiger partial charge in [-0.05, 0) is 25.8 Å². The molecule has 5 heteroatoms. The lowest BCUT2D eigenvalue weighted by molar-refractivity contribution is -0.121. The molecule has 1 saturated carbocycles. The summed E-state index contributed by atoms with van der Waals surface area (Å²) in [5.74, 6) is 0.697. The number of hydrogen-bond acceptors (Lipinski definition) is 4. The van der Waals surface area contributed by atoms with Gasteiger partial charge in [-0.3, -0.25) is 4.79 Å². The third-order valence-electron chi connectivity index (χ3n) is 3.63. The Morgan fingerprint density at radius 3 is 2.95 bits per heavy atom. The Morgan fingerprint density at radius 1 is 1.48 bits per heavy atom. The van der Waals surface area contributed by atoms with Crippen molar-refractivity contribution in [3.05, 3.63) is 45.9 Å². The normalized spacial score (nSPS) is 15.7. The molecule has 0 radical (unpaired) electrons. The van der Waals surface area contributed by atoms with Crippen LogP contribution in [0.5, 0.6) is 5.75 Å². The molecule has 110 valence electrons. The van der Waals surface area contributed by atoms with Crippen LogP contribution < -0.4 is 5.32 Å². The zero-order chi connectivity index (χ0) is 14.8. The lowest BCUT2D eigenvalue weighted by Gasteiger charge is -2.12. The molecule has 1 heterocycles. The van der Waals surface area contributed by atoms with Crippen molar-refractivity contribution in [2.24, 2.45) is 0 Å². The minimum Gasteiger partial charge on any atom is -0.508 e. The van der Waals surface area contributed by atoms with Crippen LogP contribution in [0.1, 0.15) is 48.0 Å². The minimum absolute atomic E-state index is 0.105. The van der Waals surface area contributed by atoms with E-state index in [-0.39, 0.29) is 24.1 Å². The molecule has 0 aliphatic heterocycles. The number of thiazole rings is 1. The predicted octanol–water partition coefficient (Wildman–Crippen LogP) is 3.15. The van der Waals surface area contributed by atoms with E-state index in [1.54, 1.807) is 29.5 Å². The standard InChI is InChI=1S/C16H18N2O2S/c1-10(13-9-21-16(18-13)11-6-7-11)17-15(20)8-12-4-2-3-5-14(12)19/h2-5,9-11,19H,6-8H2,1H3,(H,17,20). The van der Waals surface area contributed by atoms with Gasteiger partial charge in [0, 0.05) is 16.9 Å². The van der Waals surface area contributed by atoms with Crippen molar-refractivity contribution in [1.29, 1.82) is 0 Å². The number of benzene rings is 1. The van der Waals surface area contributed by atoms with Crippen molar-refractivity contribution < 1.29 is 9.90 Å². The number of phenols is 1. The SMILES string of the molecule is CC(NC(=O)Cc1ccccc1O)c1csc(C2CC2)n1. The molecule has 1 fully saturated rings. The van der Waals surface area contributed by atoms with E-state index < -0.39 is 0 Å². The number of aromatic hydroxyl groups is 1. The fourth-order valence-corrected chi connectivity index (χ4v) is 3.30. The lowest BCUT2D eigenvalue weighted by Crippen LogP contribution is -2.28. The van der Waals surface area contributed by atoms with Gasteiger partial charge >= 0.3 is 0 Å². The third-order valence-corrected chi connectivity index (χ3v) is 4.66. The molecule has 0 saturated heterocycles. The van der Waals surface area contributed by atoms with Gasteiger partial charge in [-0.2, -0.15) is 0 Å². The van der Waals surface area contributed by atoms with E-state index in [4.69, 9.17) is 0 Å². The maximum Gasteiger partial charge on any atom is 0.225 e. The van der Waals surface area contributed by atoms with E-state index in [2.05, 4.69) is 10.3 Å². The maximum atomic E-state index is 12.1. The summed E-state index contributed by atoms with van der Waals surface area (Å²) in [6, 6.07) is 6.80. The fraction of sp³-hybridized carbons (Fsp3) is 0.375. The first-order chi connectivity index (χ1) is 10.1. The van der Waals surface area contributed by atoms with Crippen LogP contribution in [-0.4, -0.2) is 16.0 Å². The van der Waals surface area contributed by atoms with Crippen LogP contribution in [-0.2, 0) is 11.2 Å². The first-order valence-corrected chi connectivity index (χ1v) is 8.03. The van der Waals surface area contributed by atoms with Crippen molar-refractivity contribution >= 4 is 17.2 Å². The number of aromatic nitrogens is 1. The largest absolute Gasteiger partial charge is 0.508 e. The first-order valence-electron chi connectivity index (χ1n) is 7.15. The number of rotatable bonds is 5. The van der Waals surface area contributed by atoms with Crippen molar-refractivity contribution in [1.82, 2.24) is 10.3 Å². The molecule has 3 rings (SSSR count). The zero-order valence-corrected chi connectivity index (χ0v) is 12.7. The Bertz CT molecular complexity index is 649. The summed E-state index contributed by atoms with van der Waals surface area (Å²) in [4.78, 5) is 16.7. The summed E-state index contributed by atoms with van der Waals surface area (Å²) in [6.45, 7) is 1.94. The fourth-order valence-electron chi connectivity index (χ4n) is 2.22. The van der Waals surface area contributed by atoms with Crippen LogP contribution in [0, 0.1) is 0 Å². The summed E-state index contributed by atoms with van der Waals surface area (Å²) in [5.41, 5.74) is 1.56. The van der Waals surface area contributed by atoms with E-state index >= 15 is 0 Å². The zero-order valence-electron chi connectivity index (χ0n) is 11.9. The van der Waals surface area contributed by atoms with E-state index in [9.17, 15) is 9.90 Å². The number of carbonyl (C=O) groups is 1. The highest BCUT2D eigenvalue weighted by molar-refractivity contribution is 7.09. The predicted molar refractivity (Wildman–Crippen MR) is 82.5 cm³/mol. The van der Waals surface area contributed by atoms with Crippen LogP contribution in [0.4, 0.5) is 0 Å². The molecule has 21 heavy (non-hydrogen) atoms. The van der Waals surface area contributed by atoms with Gasteiger partial charge in [0.1, 0.15) is 5.75 Å². The smallest absolute Gasteiger partial charge is 0.225 e. The average molecular weight is 302 g/mol. The molecule has 1 aromatic heterocycles. The second kappa shape index (κ2) is 5.85. The number of nitrogens with one attached hydrogen (secondary N) is 1. The van der Waals surface area contributed by atoms with Gasteiger partial charge < -0.3 is 10.4 Å². The molecule has 2 N–H and O–H groups in total. The number of nitrogens with zero attached hydrogens (tertiary/aromatic N) is 1. The maximum absolute atomic E-state index is 12.1. The second-order valence-electron chi connectivity index (χ2n) is 5.48. The summed E-state index contributed by atoms with van der Waals surface area (Å²) in [7, 11) is 0. The van der Waals surface area contributed by atoms with E-state index in [0.29, 0.717) is 11.5 Å². The van der Waals surface area contributed by atoms with Crippen LogP contribution in [0.3, 0.4) is 0 Å². The van der Waals surface area contributed by atoms with Gasteiger partial charge in [-0.1, -0.05) is 18.2 Å². The molecule has 1 aliphatic carbocycles. The first kappa shape index (κ1) is 14.1. The summed E-state index contributed by atoms with van der Waals surface area (Å²) in [5, 5.41) is 15.8. The van der Waals surface area contributed by atoms with Crippen molar-refractivity contribution in [2.45, 2.75) is 38.1 Å². The Hall–Kier alpha value is -1.88. The Labute approximate surface area is 127 Å². The van der Waals surface area contributed by atoms with E-state index in [0.717, 1.165) is 5.69 Å². The molecule has 1 unspecified atom stereocenters. The minimum atomic E-state index is -0.107. The molecule has 1 amide bonds. The van der Waals surface area contributed by atoms with Crippen molar-refractivity contribution in [2.75, 3.05) is 0 Å². The third kappa shape index (κ3) is 3.42. The highest BCUT2D eigenvalue weighted by Crippen LogP contribution is 2.41. The highest BCUT2D eigenvalue weighted by Gasteiger charge is 2.27. The Kier molecular flexibility index (Phi) is 3.92. The van der Waals surface area contributed by atoms with Gasteiger partial charge in [0.2, 0.25) is 5.91 Å². The number of phenolic OH excluding ortho intramolecular Hbond substituents is 1. The molecular formula is C16H18N2O2S. The Balaban J connectivity index is 1.59. The van der Waals surface area contributed by atoms with Crippen LogP contribution in [0.2, 0.25) is 0 Å². The van der Waals surface area contributed by atoms with Crippen LogP contribution in [0.15, 0.2) is 29.6 Å². The molecular weight excluding hydrogens is 284 g/mol. The topological polar surface area (TPSA) is 62.2 Å². The monoisotopic (exact) mass is 302 g/mol. The van der Waals surface area contributed by atoms with Crippen LogP contribution >= 0.6 is 11.3 Å². The molecule has 0 spiro atoms. The van der Waals surface area contributed by atoms with E-state index in [1.165, 1.54) is 17.8 Å². The van der Waals surface area contributed by atoms with E-state index in [1.807, 2.05) is 18.4 Å². The highest BCUT2D eigenvalue weighted by atomic mass is 32.1. The summed E-state index contributed by atoms with van der Waals surface area (Å²) >= 11 is 1.68. The summed E-state index contributed by atoms with van der Waals surface area (Å²) < 4.78 is 0. The van der Waals surface area contributed by atoms with Gasteiger partial charge in [0.05, 0.1) is 23.2 Å². The molecule has 4 nitrogen and oxygen atoms in total. The molecule has 1 aliphatic rings. The summed E-state index contributed by atoms with van der Waals surface area (Å²) in [6.07, 6.45) is 2.65. The molecule has 1 atom stereocenters. The number of hydrogen-bond donors (Lipinski definition) is 2. The van der Waals surface area contributed by atoms with Crippen molar-refractivity contribution in [3.63, 3.8) is 0 Å². The van der Waals surface area contributed by atoms with Gasteiger partial charge in [-0.15, -0.1) is 11.3 Å². The van der Waals surface area contributed by atoms with Gasteiger partial charge in [-0.25, -0.2) is 4.98 Å². The Morgan fingerprint density at radius 2 is 2.24 bits per heavy atom. The number of amides is 1. The van der Waals surface area contributed by atoms with Gasteiger partial charge in [0.15, 0.2) is 0 Å². The molecule has 0 bridgehead atoms. The average Bonchev–Trinajstić information content (AvgIpc) is 3.18. The quantitative estimate of drug-likeness (QED) is 0.892.